The number of hydrogen-bond acceptors (Lipinski definition) is 5. The summed E-state index contributed by atoms with van der Waals surface area (Å²) in [5, 5.41) is 8.83. The van der Waals surface area contributed by atoms with Gasteiger partial charge >= 0.3 is 0 Å². The number of halogens is 2. The van der Waals surface area contributed by atoms with Crippen LogP contribution in [0.5, 0.6) is 0 Å². The molecule has 0 radical (unpaired) electrons. The van der Waals surface area contributed by atoms with Gasteiger partial charge in [-0.15, -0.1) is 4.91 Å². The van der Waals surface area contributed by atoms with Crippen LogP contribution in [-0.4, -0.2) is 11.1 Å². The molecule has 0 unspecified atom stereocenters. The molecule has 1 aromatic carbocycles. The summed E-state index contributed by atoms with van der Waals surface area (Å²) in [5.41, 5.74) is 0.630. The molecule has 1 aliphatic rings. The second kappa shape index (κ2) is 5.67. The van der Waals surface area contributed by atoms with Gasteiger partial charge in [0.15, 0.2) is 5.69 Å². The van der Waals surface area contributed by atoms with Crippen molar-refractivity contribution in [1.29, 1.82) is 0 Å². The lowest BCUT2D eigenvalue weighted by atomic mass is 10.2. The Bertz CT molecular complexity index is 835. The summed E-state index contributed by atoms with van der Waals surface area (Å²) in [5.74, 6) is -0.0873. The van der Waals surface area contributed by atoms with Crippen LogP contribution in [0, 0.1) is 21.2 Å². The minimum Gasteiger partial charge on any atom is -0.368 e. The summed E-state index contributed by atoms with van der Waals surface area (Å²) in [6.07, 6.45) is 0. The molecule has 1 aromatic heterocycles. The number of pyridine rings is 1. The largest absolute Gasteiger partial charge is 0.368 e. The number of nitrogens with one attached hydrogen (secondary N) is 2. The van der Waals surface area contributed by atoms with E-state index in [1.807, 2.05) is 22.6 Å². The van der Waals surface area contributed by atoms with Crippen LogP contribution < -0.4 is 16.2 Å². The first kappa shape index (κ1) is 14.9. The second-order valence-corrected chi connectivity index (χ2v) is 6.17. The normalized spacial score (nSPS) is 12.7. The third-order valence-corrected chi connectivity index (χ3v) is 4.25. The van der Waals surface area contributed by atoms with Crippen LogP contribution in [0.1, 0.15) is 5.56 Å². The van der Waals surface area contributed by atoms with E-state index in [9.17, 15) is 14.1 Å². The van der Waals surface area contributed by atoms with E-state index in [2.05, 4.69) is 15.8 Å². The molecular weight excluding hydrogens is 402 g/mol. The predicted octanol–water partition coefficient (Wildman–Crippen LogP) is 3.47. The van der Waals surface area contributed by atoms with Crippen LogP contribution in [0.3, 0.4) is 0 Å². The molecule has 6 nitrogen and oxygen atoms in total. The highest BCUT2D eigenvalue weighted by Crippen LogP contribution is 2.38. The summed E-state index contributed by atoms with van der Waals surface area (Å²) in [4.78, 5) is 23.6. The molecule has 0 saturated carbocycles. The lowest BCUT2D eigenvalue weighted by Crippen LogP contribution is -2.21. The highest BCUT2D eigenvalue weighted by Gasteiger charge is 2.24. The molecule has 114 valence electrons. The fourth-order valence-electron chi connectivity index (χ4n) is 2.48. The van der Waals surface area contributed by atoms with E-state index in [1.54, 1.807) is 19.1 Å². The molecule has 0 aliphatic carbocycles. The average molecular weight is 414 g/mol. The van der Waals surface area contributed by atoms with Crippen LogP contribution in [-0.2, 0) is 6.54 Å². The van der Waals surface area contributed by atoms with Crippen molar-refractivity contribution in [3.63, 3.8) is 0 Å². The lowest BCUT2D eigenvalue weighted by Gasteiger charge is -2.15. The molecule has 0 fully saturated rings. The van der Waals surface area contributed by atoms with Gasteiger partial charge in [-0.25, -0.2) is 4.39 Å². The highest BCUT2D eigenvalue weighted by atomic mass is 127. The zero-order chi connectivity index (χ0) is 15.9. The Hall–Kier alpha value is -1.97. The predicted molar refractivity (Wildman–Crippen MR) is 91.8 cm³/mol. The van der Waals surface area contributed by atoms with Crippen molar-refractivity contribution in [2.45, 2.75) is 13.5 Å². The molecule has 0 spiro atoms. The number of anilines is 3. The summed E-state index contributed by atoms with van der Waals surface area (Å²) < 4.78 is 16.2. The SMILES string of the molecule is Cc1c(Nc2ccc(I)cc2F)c(N=O)c2n(c1=O)CCN2. The van der Waals surface area contributed by atoms with E-state index in [1.165, 1.54) is 10.6 Å². The number of nitrogens with zero attached hydrogens (tertiary/aromatic N) is 2. The third-order valence-electron chi connectivity index (χ3n) is 3.58. The van der Waals surface area contributed by atoms with E-state index >= 15 is 0 Å². The number of nitroso groups, excluding NO2 is 1. The minimum atomic E-state index is -0.461. The number of rotatable bonds is 3. The molecule has 2 N–H and O–H groups in total. The number of aromatic nitrogens is 1. The molecule has 22 heavy (non-hydrogen) atoms. The Morgan fingerprint density at radius 3 is 2.91 bits per heavy atom. The van der Waals surface area contributed by atoms with Crippen molar-refractivity contribution in [1.82, 2.24) is 4.57 Å². The van der Waals surface area contributed by atoms with Crippen molar-refractivity contribution < 1.29 is 4.39 Å². The van der Waals surface area contributed by atoms with E-state index in [0.29, 0.717) is 24.5 Å². The monoisotopic (exact) mass is 414 g/mol. The van der Waals surface area contributed by atoms with Crippen LogP contribution in [0.25, 0.3) is 0 Å². The van der Waals surface area contributed by atoms with Gasteiger partial charge in [0.1, 0.15) is 11.6 Å². The zero-order valence-corrected chi connectivity index (χ0v) is 13.8. The van der Waals surface area contributed by atoms with Crippen molar-refractivity contribution >= 4 is 45.5 Å². The van der Waals surface area contributed by atoms with E-state index in [0.717, 1.165) is 3.57 Å². The topological polar surface area (TPSA) is 75.5 Å². The summed E-state index contributed by atoms with van der Waals surface area (Å²) in [7, 11) is 0. The quantitative estimate of drug-likeness (QED) is 0.596. The van der Waals surface area contributed by atoms with Gasteiger partial charge in [0, 0.05) is 22.2 Å². The van der Waals surface area contributed by atoms with E-state index in [4.69, 9.17) is 0 Å². The van der Waals surface area contributed by atoms with Gasteiger partial charge in [0.25, 0.3) is 5.56 Å². The molecule has 0 bridgehead atoms. The van der Waals surface area contributed by atoms with Crippen molar-refractivity contribution in [2.24, 2.45) is 5.18 Å². The van der Waals surface area contributed by atoms with Crippen LogP contribution >= 0.6 is 22.6 Å². The maximum absolute atomic E-state index is 14.0. The third kappa shape index (κ3) is 2.36. The van der Waals surface area contributed by atoms with E-state index < -0.39 is 5.82 Å². The van der Waals surface area contributed by atoms with Crippen molar-refractivity contribution in [3.8, 4) is 0 Å². The molecule has 0 amide bonds. The number of fused-ring (bicyclic) bond motifs is 1. The summed E-state index contributed by atoms with van der Waals surface area (Å²) in [6.45, 7) is 2.63. The van der Waals surface area contributed by atoms with Gasteiger partial charge in [-0.2, -0.15) is 0 Å². The Morgan fingerprint density at radius 1 is 1.45 bits per heavy atom. The highest BCUT2D eigenvalue weighted by molar-refractivity contribution is 14.1. The molecule has 8 heteroatoms. The molecule has 1 aliphatic heterocycles. The molecule has 3 rings (SSSR count). The van der Waals surface area contributed by atoms with Gasteiger partial charge in [-0.3, -0.25) is 9.36 Å². The van der Waals surface area contributed by atoms with Crippen LogP contribution in [0.4, 0.5) is 27.3 Å². The Balaban J connectivity index is 2.17. The molecule has 2 heterocycles. The standard InChI is InChI=1S/C14H12FIN4O2/c1-7-11(18-10-3-2-8(16)6-9(10)15)12(19-22)13-17-4-5-20(13)14(7)21/h2-3,6,17-18H,4-5H2,1H3. The summed E-state index contributed by atoms with van der Waals surface area (Å²) in [6, 6.07) is 4.65. The fourth-order valence-corrected chi connectivity index (χ4v) is 2.93. The number of hydrogen-bond donors (Lipinski definition) is 2. The first-order chi connectivity index (χ1) is 10.5. The molecule has 0 atom stereocenters. The van der Waals surface area contributed by atoms with Crippen LogP contribution in [0.2, 0.25) is 0 Å². The van der Waals surface area contributed by atoms with E-state index in [-0.39, 0.29) is 22.6 Å². The van der Waals surface area contributed by atoms with Gasteiger partial charge in [-0.05, 0) is 52.9 Å². The lowest BCUT2D eigenvalue weighted by molar-refractivity contribution is 0.631. The first-order valence-corrected chi connectivity index (χ1v) is 7.67. The Kier molecular flexibility index (Phi) is 3.85. The van der Waals surface area contributed by atoms with Gasteiger partial charge < -0.3 is 10.6 Å². The average Bonchev–Trinajstić information content (AvgIpc) is 2.96. The zero-order valence-electron chi connectivity index (χ0n) is 11.6. The second-order valence-electron chi connectivity index (χ2n) is 4.92. The van der Waals surface area contributed by atoms with Gasteiger partial charge in [0.2, 0.25) is 0 Å². The Morgan fingerprint density at radius 2 is 2.23 bits per heavy atom. The maximum atomic E-state index is 14.0. The summed E-state index contributed by atoms with van der Waals surface area (Å²) >= 11 is 2.00. The fraction of sp³-hybridized carbons (Fsp3) is 0.214. The van der Waals surface area contributed by atoms with Crippen LogP contribution in [0.15, 0.2) is 28.2 Å². The molecule has 0 saturated heterocycles. The Labute approximate surface area is 138 Å². The van der Waals surface area contributed by atoms with Crippen molar-refractivity contribution in [3.05, 3.63) is 48.4 Å². The maximum Gasteiger partial charge on any atom is 0.257 e. The first-order valence-electron chi connectivity index (χ1n) is 6.59. The molecule has 2 aromatic rings. The minimum absolute atomic E-state index is 0.0903. The molecular formula is C14H12FIN4O2. The van der Waals surface area contributed by atoms with Crippen molar-refractivity contribution in [2.75, 3.05) is 17.2 Å². The number of benzene rings is 1. The smallest absolute Gasteiger partial charge is 0.257 e. The van der Waals surface area contributed by atoms with Gasteiger partial charge in [0.05, 0.1) is 11.4 Å². The van der Waals surface area contributed by atoms with Gasteiger partial charge in [-0.1, -0.05) is 0 Å².